The van der Waals surface area contributed by atoms with Gasteiger partial charge in [-0.1, -0.05) is 31.5 Å². The Hall–Kier alpha value is -1.96. The van der Waals surface area contributed by atoms with Crippen molar-refractivity contribution in [2.45, 2.75) is 19.8 Å². The topological polar surface area (TPSA) is 21.3 Å². The van der Waals surface area contributed by atoms with E-state index in [1.165, 1.54) is 22.4 Å². The molecule has 0 atom stereocenters. The Labute approximate surface area is 115 Å². The van der Waals surface area contributed by atoms with E-state index in [0.29, 0.717) is 0 Å². The molecule has 0 amide bonds. The van der Waals surface area contributed by atoms with Crippen LogP contribution in [0.15, 0.2) is 42.5 Å². The minimum atomic E-state index is 0.896. The summed E-state index contributed by atoms with van der Waals surface area (Å²) in [5, 5.41) is 3.26. The van der Waals surface area contributed by atoms with Gasteiger partial charge in [-0.3, -0.25) is 0 Å². The summed E-state index contributed by atoms with van der Waals surface area (Å²) in [6.45, 7) is 2.21. The summed E-state index contributed by atoms with van der Waals surface area (Å²) >= 11 is 0. The molecule has 0 unspecified atom stereocenters. The highest BCUT2D eigenvalue weighted by atomic mass is 16.5. The minimum Gasteiger partial charge on any atom is -0.497 e. The first kappa shape index (κ1) is 13.5. The lowest BCUT2D eigenvalue weighted by Crippen LogP contribution is -1.96. The van der Waals surface area contributed by atoms with Gasteiger partial charge in [-0.25, -0.2) is 0 Å². The highest BCUT2D eigenvalue weighted by Gasteiger charge is 2.05. The Morgan fingerprint density at radius 3 is 2.53 bits per heavy atom. The van der Waals surface area contributed by atoms with Crippen LogP contribution in [0.5, 0.6) is 5.75 Å². The SMILES string of the molecule is CCCc1cc(-c2cccc(OC)c2)ccc1NC. The lowest BCUT2D eigenvalue weighted by atomic mass is 9.99. The van der Waals surface area contributed by atoms with Gasteiger partial charge in [-0.05, 0) is 47.4 Å². The molecule has 0 heterocycles. The van der Waals surface area contributed by atoms with E-state index in [-0.39, 0.29) is 0 Å². The van der Waals surface area contributed by atoms with Crippen LogP contribution in [0.25, 0.3) is 11.1 Å². The first-order valence-electron chi connectivity index (χ1n) is 6.73. The molecule has 0 bridgehead atoms. The monoisotopic (exact) mass is 255 g/mol. The van der Waals surface area contributed by atoms with E-state index in [1.54, 1.807) is 7.11 Å². The van der Waals surface area contributed by atoms with E-state index >= 15 is 0 Å². The quantitative estimate of drug-likeness (QED) is 0.857. The van der Waals surface area contributed by atoms with Crippen LogP contribution in [0.1, 0.15) is 18.9 Å². The zero-order chi connectivity index (χ0) is 13.7. The molecule has 2 aromatic rings. The number of methoxy groups -OCH3 is 1. The number of hydrogen-bond acceptors (Lipinski definition) is 2. The molecule has 0 saturated heterocycles. The molecule has 0 aromatic heterocycles. The van der Waals surface area contributed by atoms with Crippen molar-refractivity contribution >= 4 is 5.69 Å². The number of rotatable bonds is 5. The molecule has 1 N–H and O–H groups in total. The van der Waals surface area contributed by atoms with Crippen LogP contribution in [0.2, 0.25) is 0 Å². The fraction of sp³-hybridized carbons (Fsp3) is 0.294. The van der Waals surface area contributed by atoms with Crippen LogP contribution >= 0.6 is 0 Å². The van der Waals surface area contributed by atoms with Crippen LogP contribution in [0.4, 0.5) is 5.69 Å². The van der Waals surface area contributed by atoms with Gasteiger partial charge in [-0.15, -0.1) is 0 Å². The van der Waals surface area contributed by atoms with E-state index in [0.717, 1.165) is 18.6 Å². The summed E-state index contributed by atoms with van der Waals surface area (Å²) in [5.41, 5.74) is 5.01. The normalized spacial score (nSPS) is 10.3. The van der Waals surface area contributed by atoms with Crippen molar-refractivity contribution in [2.75, 3.05) is 19.5 Å². The van der Waals surface area contributed by atoms with Gasteiger partial charge < -0.3 is 10.1 Å². The molecule has 0 aliphatic heterocycles. The first-order chi connectivity index (χ1) is 9.28. The number of nitrogens with one attached hydrogen (secondary N) is 1. The van der Waals surface area contributed by atoms with E-state index in [2.05, 4.69) is 42.6 Å². The molecule has 2 nitrogen and oxygen atoms in total. The van der Waals surface area contributed by atoms with Crippen LogP contribution in [0, 0.1) is 0 Å². The standard InChI is InChI=1S/C17H21NO/c1-4-6-15-11-14(9-10-17(15)18-2)13-7-5-8-16(12-13)19-3/h5,7-12,18H,4,6H2,1-3H3. The highest BCUT2D eigenvalue weighted by Crippen LogP contribution is 2.28. The molecular formula is C17H21NO. The van der Waals surface area contributed by atoms with Crippen molar-refractivity contribution in [2.24, 2.45) is 0 Å². The van der Waals surface area contributed by atoms with E-state index < -0.39 is 0 Å². The Morgan fingerprint density at radius 2 is 1.84 bits per heavy atom. The maximum atomic E-state index is 5.29. The van der Waals surface area contributed by atoms with Crippen molar-refractivity contribution in [3.05, 3.63) is 48.0 Å². The summed E-state index contributed by atoms with van der Waals surface area (Å²) in [6.07, 6.45) is 2.24. The average molecular weight is 255 g/mol. The van der Waals surface area contributed by atoms with Gasteiger partial charge in [-0.2, -0.15) is 0 Å². The summed E-state index contributed by atoms with van der Waals surface area (Å²) in [6, 6.07) is 14.8. The van der Waals surface area contributed by atoms with Crippen molar-refractivity contribution in [1.82, 2.24) is 0 Å². The summed E-state index contributed by atoms with van der Waals surface area (Å²) < 4.78 is 5.29. The lowest BCUT2D eigenvalue weighted by Gasteiger charge is -2.11. The first-order valence-corrected chi connectivity index (χ1v) is 6.73. The molecule has 0 aliphatic carbocycles. The van der Waals surface area contributed by atoms with Crippen molar-refractivity contribution in [1.29, 1.82) is 0 Å². The molecule has 2 rings (SSSR count). The Morgan fingerprint density at radius 1 is 1.05 bits per heavy atom. The molecule has 0 spiro atoms. The second-order valence-corrected chi connectivity index (χ2v) is 4.60. The van der Waals surface area contributed by atoms with E-state index in [9.17, 15) is 0 Å². The summed E-state index contributed by atoms with van der Waals surface area (Å²) in [4.78, 5) is 0. The van der Waals surface area contributed by atoms with Crippen molar-refractivity contribution in [3.63, 3.8) is 0 Å². The van der Waals surface area contributed by atoms with Gasteiger partial charge in [0.15, 0.2) is 0 Å². The lowest BCUT2D eigenvalue weighted by molar-refractivity contribution is 0.415. The van der Waals surface area contributed by atoms with Gasteiger partial charge in [0.1, 0.15) is 5.75 Å². The third-order valence-electron chi connectivity index (χ3n) is 3.30. The number of ether oxygens (including phenoxy) is 1. The highest BCUT2D eigenvalue weighted by molar-refractivity contribution is 5.69. The van der Waals surface area contributed by atoms with Crippen LogP contribution in [-0.4, -0.2) is 14.2 Å². The third-order valence-corrected chi connectivity index (χ3v) is 3.30. The van der Waals surface area contributed by atoms with Crippen LogP contribution in [0.3, 0.4) is 0 Å². The molecule has 100 valence electrons. The maximum absolute atomic E-state index is 5.29. The molecule has 2 aromatic carbocycles. The van der Waals surface area contributed by atoms with Gasteiger partial charge in [0.05, 0.1) is 7.11 Å². The number of hydrogen-bond donors (Lipinski definition) is 1. The number of benzene rings is 2. The zero-order valence-corrected chi connectivity index (χ0v) is 11.9. The zero-order valence-electron chi connectivity index (χ0n) is 11.9. The van der Waals surface area contributed by atoms with Crippen LogP contribution < -0.4 is 10.1 Å². The third kappa shape index (κ3) is 3.08. The summed E-state index contributed by atoms with van der Waals surface area (Å²) in [7, 11) is 3.67. The molecule has 0 saturated carbocycles. The van der Waals surface area contributed by atoms with E-state index in [1.807, 2.05) is 19.2 Å². The summed E-state index contributed by atoms with van der Waals surface area (Å²) in [5.74, 6) is 0.896. The predicted octanol–water partition coefficient (Wildman–Crippen LogP) is 4.36. The molecule has 0 radical (unpaired) electrons. The van der Waals surface area contributed by atoms with Crippen molar-refractivity contribution < 1.29 is 4.74 Å². The second-order valence-electron chi connectivity index (χ2n) is 4.60. The Bertz CT molecular complexity index is 549. The minimum absolute atomic E-state index is 0.896. The average Bonchev–Trinajstić information content (AvgIpc) is 2.47. The Kier molecular flexibility index (Phi) is 4.45. The Balaban J connectivity index is 2.41. The largest absolute Gasteiger partial charge is 0.497 e. The molecule has 0 aliphatic rings. The molecular weight excluding hydrogens is 234 g/mol. The smallest absolute Gasteiger partial charge is 0.119 e. The number of anilines is 1. The molecule has 19 heavy (non-hydrogen) atoms. The number of aryl methyl sites for hydroxylation is 1. The predicted molar refractivity (Wildman–Crippen MR) is 82.0 cm³/mol. The van der Waals surface area contributed by atoms with Gasteiger partial charge in [0, 0.05) is 12.7 Å². The van der Waals surface area contributed by atoms with Gasteiger partial charge in [0.25, 0.3) is 0 Å². The van der Waals surface area contributed by atoms with Gasteiger partial charge >= 0.3 is 0 Å². The van der Waals surface area contributed by atoms with Crippen LogP contribution in [-0.2, 0) is 6.42 Å². The fourth-order valence-electron chi connectivity index (χ4n) is 2.30. The fourth-order valence-corrected chi connectivity index (χ4v) is 2.30. The maximum Gasteiger partial charge on any atom is 0.119 e. The van der Waals surface area contributed by atoms with E-state index in [4.69, 9.17) is 4.74 Å². The second kappa shape index (κ2) is 6.28. The van der Waals surface area contributed by atoms with Gasteiger partial charge in [0.2, 0.25) is 0 Å². The van der Waals surface area contributed by atoms with Crippen molar-refractivity contribution in [3.8, 4) is 16.9 Å². The molecule has 2 heteroatoms. The molecule has 0 fully saturated rings.